The SMILES string of the molecule is CCc1ccc(N(CCCC(=O)N(Cc2ccccc2F)[C@@H](C)C(=O)NC(C)C)S(C)(=O)=O)cc1. The summed E-state index contributed by atoms with van der Waals surface area (Å²) in [6.45, 7) is 7.31. The molecule has 1 atom stereocenters. The van der Waals surface area contributed by atoms with Gasteiger partial charge in [0.15, 0.2) is 0 Å². The van der Waals surface area contributed by atoms with Gasteiger partial charge in [-0.05, 0) is 57.4 Å². The fourth-order valence-corrected chi connectivity index (χ4v) is 4.67. The molecule has 0 bridgehead atoms. The van der Waals surface area contributed by atoms with E-state index >= 15 is 0 Å². The molecule has 0 radical (unpaired) electrons. The molecule has 0 aliphatic heterocycles. The lowest BCUT2D eigenvalue weighted by molar-refractivity contribution is -0.140. The maximum atomic E-state index is 14.3. The van der Waals surface area contributed by atoms with Crippen molar-refractivity contribution in [3.63, 3.8) is 0 Å². The monoisotopic (exact) mass is 505 g/mol. The molecule has 2 rings (SSSR count). The third-order valence-corrected chi connectivity index (χ3v) is 6.88. The summed E-state index contributed by atoms with van der Waals surface area (Å²) in [6, 6.07) is 12.5. The van der Waals surface area contributed by atoms with E-state index in [1.54, 1.807) is 37.3 Å². The Bertz CT molecular complexity index is 1100. The number of sulfonamides is 1. The molecule has 35 heavy (non-hydrogen) atoms. The number of halogens is 1. The number of nitrogens with one attached hydrogen (secondary N) is 1. The van der Waals surface area contributed by atoms with Crippen molar-refractivity contribution in [1.82, 2.24) is 10.2 Å². The first-order valence-corrected chi connectivity index (χ1v) is 13.7. The third-order valence-electron chi connectivity index (χ3n) is 5.68. The summed E-state index contributed by atoms with van der Waals surface area (Å²) in [6.07, 6.45) is 2.22. The zero-order valence-corrected chi connectivity index (χ0v) is 21.9. The second kappa shape index (κ2) is 12.7. The Balaban J connectivity index is 2.17. The smallest absolute Gasteiger partial charge is 0.242 e. The molecule has 0 unspecified atom stereocenters. The fraction of sp³-hybridized carbons (Fsp3) is 0.462. The minimum Gasteiger partial charge on any atom is -0.352 e. The highest BCUT2D eigenvalue weighted by Gasteiger charge is 2.27. The molecule has 2 amide bonds. The Morgan fingerprint density at radius 1 is 1.03 bits per heavy atom. The van der Waals surface area contributed by atoms with E-state index in [1.807, 2.05) is 32.9 Å². The molecule has 0 saturated carbocycles. The normalized spacial score (nSPS) is 12.3. The minimum atomic E-state index is -3.56. The van der Waals surface area contributed by atoms with E-state index in [0.29, 0.717) is 11.3 Å². The zero-order chi connectivity index (χ0) is 26.2. The van der Waals surface area contributed by atoms with Crippen molar-refractivity contribution in [3.05, 3.63) is 65.5 Å². The van der Waals surface area contributed by atoms with Crippen molar-refractivity contribution in [1.29, 1.82) is 0 Å². The van der Waals surface area contributed by atoms with Crippen LogP contribution < -0.4 is 9.62 Å². The Kier molecular flexibility index (Phi) is 10.2. The molecular weight excluding hydrogens is 469 g/mol. The minimum absolute atomic E-state index is 0.00676. The number of nitrogens with zero attached hydrogens (tertiary/aromatic N) is 2. The van der Waals surface area contributed by atoms with Gasteiger partial charge in [0.05, 0.1) is 11.9 Å². The van der Waals surface area contributed by atoms with Crippen LogP contribution in [0.5, 0.6) is 0 Å². The molecule has 192 valence electrons. The third kappa shape index (κ3) is 8.35. The standard InChI is InChI=1S/C26H36FN3O4S/c1-6-21-13-15-23(16-14-21)30(35(5,33)34)17-9-12-25(31)29(20(4)26(32)28-19(2)3)18-22-10-7-8-11-24(22)27/h7-8,10-11,13-16,19-20H,6,9,12,17-18H2,1-5H3,(H,28,32)/t20-/m0/s1. The van der Waals surface area contributed by atoms with E-state index in [-0.39, 0.29) is 43.8 Å². The first kappa shape index (κ1) is 28.3. The number of anilines is 1. The summed E-state index contributed by atoms with van der Waals surface area (Å²) in [4.78, 5) is 27.2. The number of amides is 2. The highest BCUT2D eigenvalue weighted by molar-refractivity contribution is 7.92. The summed E-state index contributed by atoms with van der Waals surface area (Å²) in [5.74, 6) is -1.14. The van der Waals surface area contributed by atoms with Crippen molar-refractivity contribution in [2.75, 3.05) is 17.1 Å². The lowest BCUT2D eigenvalue weighted by atomic mass is 10.1. The van der Waals surface area contributed by atoms with Crippen LogP contribution in [0.4, 0.5) is 10.1 Å². The summed E-state index contributed by atoms with van der Waals surface area (Å²) in [7, 11) is -3.56. The van der Waals surface area contributed by atoms with Gasteiger partial charge in [0.1, 0.15) is 11.9 Å². The molecule has 1 N–H and O–H groups in total. The summed E-state index contributed by atoms with van der Waals surface area (Å²) in [5.41, 5.74) is 1.93. The molecule has 0 aromatic heterocycles. The van der Waals surface area contributed by atoms with Crippen molar-refractivity contribution < 1.29 is 22.4 Å². The second-order valence-corrected chi connectivity index (χ2v) is 10.8. The maximum Gasteiger partial charge on any atom is 0.242 e. The van der Waals surface area contributed by atoms with Gasteiger partial charge in [-0.1, -0.05) is 37.3 Å². The van der Waals surface area contributed by atoms with E-state index in [1.165, 1.54) is 15.3 Å². The van der Waals surface area contributed by atoms with Crippen molar-refractivity contribution in [2.45, 2.75) is 65.6 Å². The van der Waals surface area contributed by atoms with Crippen molar-refractivity contribution >= 4 is 27.5 Å². The lowest BCUT2D eigenvalue weighted by Gasteiger charge is -2.30. The van der Waals surface area contributed by atoms with E-state index < -0.39 is 21.9 Å². The van der Waals surface area contributed by atoms with Gasteiger partial charge >= 0.3 is 0 Å². The van der Waals surface area contributed by atoms with Crippen molar-refractivity contribution in [2.24, 2.45) is 0 Å². The van der Waals surface area contributed by atoms with Crippen LogP contribution >= 0.6 is 0 Å². The van der Waals surface area contributed by atoms with Crippen LogP contribution in [0.3, 0.4) is 0 Å². The molecule has 0 saturated heterocycles. The Morgan fingerprint density at radius 3 is 2.20 bits per heavy atom. The Morgan fingerprint density at radius 2 is 1.66 bits per heavy atom. The molecular formula is C26H36FN3O4S. The highest BCUT2D eigenvalue weighted by Crippen LogP contribution is 2.20. The number of carbonyl (C=O) groups is 2. The van der Waals surface area contributed by atoms with Crippen LogP contribution in [0.15, 0.2) is 48.5 Å². The van der Waals surface area contributed by atoms with Crippen LogP contribution in [-0.2, 0) is 32.6 Å². The molecule has 0 heterocycles. The van der Waals surface area contributed by atoms with Crippen LogP contribution in [0.1, 0.15) is 51.7 Å². The van der Waals surface area contributed by atoms with Crippen LogP contribution in [-0.4, -0.2) is 50.0 Å². The largest absolute Gasteiger partial charge is 0.352 e. The van der Waals surface area contributed by atoms with E-state index in [2.05, 4.69) is 5.32 Å². The van der Waals surface area contributed by atoms with Crippen LogP contribution in [0.25, 0.3) is 0 Å². The van der Waals surface area contributed by atoms with Gasteiger partial charge in [-0.2, -0.15) is 0 Å². The predicted molar refractivity (Wildman–Crippen MR) is 137 cm³/mol. The number of rotatable bonds is 12. The van der Waals surface area contributed by atoms with E-state index in [9.17, 15) is 22.4 Å². The molecule has 7 nitrogen and oxygen atoms in total. The maximum absolute atomic E-state index is 14.3. The summed E-state index contributed by atoms with van der Waals surface area (Å²) < 4.78 is 40.4. The number of aryl methyl sites for hydroxylation is 1. The average Bonchev–Trinajstić information content (AvgIpc) is 2.79. The van der Waals surface area contributed by atoms with E-state index in [0.717, 1.165) is 18.2 Å². The highest BCUT2D eigenvalue weighted by atomic mass is 32.2. The second-order valence-electron chi connectivity index (χ2n) is 8.91. The summed E-state index contributed by atoms with van der Waals surface area (Å²) >= 11 is 0. The number of hydrogen-bond donors (Lipinski definition) is 1. The number of benzene rings is 2. The average molecular weight is 506 g/mol. The van der Waals surface area contributed by atoms with Crippen LogP contribution in [0.2, 0.25) is 0 Å². The zero-order valence-electron chi connectivity index (χ0n) is 21.1. The van der Waals surface area contributed by atoms with Gasteiger partial charge in [-0.25, -0.2) is 12.8 Å². The molecule has 0 aliphatic carbocycles. The van der Waals surface area contributed by atoms with Gasteiger partial charge in [0, 0.05) is 31.1 Å². The quantitative estimate of drug-likeness (QED) is 0.474. The first-order valence-electron chi connectivity index (χ1n) is 11.8. The van der Waals surface area contributed by atoms with Gasteiger partial charge in [0.25, 0.3) is 0 Å². The lowest BCUT2D eigenvalue weighted by Crippen LogP contribution is -2.49. The van der Waals surface area contributed by atoms with Gasteiger partial charge in [-0.3, -0.25) is 13.9 Å². The number of carbonyl (C=O) groups excluding carboxylic acids is 2. The summed E-state index contributed by atoms with van der Waals surface area (Å²) in [5, 5.41) is 2.79. The predicted octanol–water partition coefficient (Wildman–Crippen LogP) is 3.88. The van der Waals surface area contributed by atoms with Gasteiger partial charge in [0.2, 0.25) is 21.8 Å². The van der Waals surface area contributed by atoms with Gasteiger partial charge in [-0.15, -0.1) is 0 Å². The molecule has 2 aromatic carbocycles. The molecule has 0 fully saturated rings. The Hall–Kier alpha value is -2.94. The first-order chi connectivity index (χ1) is 16.4. The fourth-order valence-electron chi connectivity index (χ4n) is 3.70. The number of hydrogen-bond acceptors (Lipinski definition) is 4. The Labute approximate surface area is 208 Å². The molecule has 2 aromatic rings. The van der Waals surface area contributed by atoms with Crippen LogP contribution in [0, 0.1) is 5.82 Å². The molecule has 0 spiro atoms. The van der Waals surface area contributed by atoms with Gasteiger partial charge < -0.3 is 10.2 Å². The molecule has 9 heteroatoms. The van der Waals surface area contributed by atoms with Crippen molar-refractivity contribution in [3.8, 4) is 0 Å². The van der Waals surface area contributed by atoms with E-state index in [4.69, 9.17) is 0 Å². The molecule has 0 aliphatic rings. The topological polar surface area (TPSA) is 86.8 Å².